The van der Waals surface area contributed by atoms with Gasteiger partial charge < -0.3 is 9.80 Å². The molecular formula is C21H26N4O2. The van der Waals surface area contributed by atoms with E-state index in [9.17, 15) is 9.59 Å². The number of amides is 1. The molecular weight excluding hydrogens is 340 g/mol. The number of aromatic amines is 1. The van der Waals surface area contributed by atoms with Crippen LogP contribution < -0.4 is 0 Å². The molecule has 2 aromatic rings. The van der Waals surface area contributed by atoms with Crippen molar-refractivity contribution in [2.45, 2.75) is 32.2 Å². The number of likely N-dealkylation sites (N-methyl/N-ethyl adjacent to an activating group) is 1. The Kier molecular flexibility index (Phi) is 5.07. The van der Waals surface area contributed by atoms with Crippen molar-refractivity contribution in [2.24, 2.45) is 5.92 Å². The third kappa shape index (κ3) is 3.81. The maximum absolute atomic E-state index is 13.1. The largest absolute Gasteiger partial charge is 0.337 e. The summed E-state index contributed by atoms with van der Waals surface area (Å²) >= 11 is 0. The van der Waals surface area contributed by atoms with E-state index in [1.54, 1.807) is 0 Å². The number of piperidine rings is 1. The summed E-state index contributed by atoms with van der Waals surface area (Å²) in [6.45, 7) is 2.92. The minimum absolute atomic E-state index is 0.0417. The number of carbonyl (C=O) groups is 2. The fourth-order valence-electron chi connectivity index (χ4n) is 4.12. The number of nitrogens with zero attached hydrogens (tertiary/aromatic N) is 3. The van der Waals surface area contributed by atoms with Crippen molar-refractivity contribution >= 4 is 11.7 Å². The monoisotopic (exact) mass is 366 g/mol. The quantitative estimate of drug-likeness (QED) is 0.899. The van der Waals surface area contributed by atoms with E-state index >= 15 is 0 Å². The summed E-state index contributed by atoms with van der Waals surface area (Å²) in [6.07, 6.45) is 3.06. The predicted octanol–water partition coefficient (Wildman–Crippen LogP) is 2.06. The Bertz CT molecular complexity index is 830. The summed E-state index contributed by atoms with van der Waals surface area (Å²) in [5.41, 5.74) is 3.67. The highest BCUT2D eigenvalue weighted by Crippen LogP contribution is 2.24. The van der Waals surface area contributed by atoms with Gasteiger partial charge in [-0.2, -0.15) is 5.10 Å². The first kappa shape index (κ1) is 17.9. The van der Waals surface area contributed by atoms with Crippen molar-refractivity contribution < 1.29 is 9.59 Å². The van der Waals surface area contributed by atoms with E-state index in [0.717, 1.165) is 49.2 Å². The maximum Gasteiger partial charge on any atom is 0.274 e. The number of fused-ring (bicyclic) bond motifs is 1. The van der Waals surface area contributed by atoms with Gasteiger partial charge in [-0.05, 0) is 25.5 Å². The molecule has 1 saturated heterocycles. The van der Waals surface area contributed by atoms with Crippen LogP contribution in [0.5, 0.6) is 0 Å². The van der Waals surface area contributed by atoms with Crippen LogP contribution in [-0.4, -0.2) is 58.4 Å². The van der Waals surface area contributed by atoms with Gasteiger partial charge in [0.1, 0.15) is 5.78 Å². The van der Waals surface area contributed by atoms with Gasteiger partial charge in [-0.3, -0.25) is 14.7 Å². The van der Waals surface area contributed by atoms with Gasteiger partial charge in [-0.1, -0.05) is 30.3 Å². The fraction of sp³-hybridized carbons (Fsp3) is 0.476. The first-order valence-electron chi connectivity index (χ1n) is 9.72. The summed E-state index contributed by atoms with van der Waals surface area (Å²) in [5.74, 6) is 0.0999. The first-order chi connectivity index (χ1) is 13.1. The van der Waals surface area contributed by atoms with E-state index in [2.05, 4.69) is 22.1 Å². The molecule has 1 unspecified atom stereocenters. The molecule has 0 radical (unpaired) electrons. The normalized spacial score (nSPS) is 20.3. The third-order valence-corrected chi connectivity index (χ3v) is 5.71. The van der Waals surface area contributed by atoms with Crippen LogP contribution in [0, 0.1) is 5.92 Å². The highest BCUT2D eigenvalue weighted by molar-refractivity contribution is 5.94. The lowest BCUT2D eigenvalue weighted by atomic mass is 9.90. The summed E-state index contributed by atoms with van der Waals surface area (Å²) < 4.78 is 0. The maximum atomic E-state index is 13.1. The molecule has 0 saturated carbocycles. The molecule has 0 bridgehead atoms. The van der Waals surface area contributed by atoms with Crippen molar-refractivity contribution in [3.8, 4) is 0 Å². The molecule has 6 nitrogen and oxygen atoms in total. The number of likely N-dealkylation sites (tertiary alicyclic amines) is 1. The minimum Gasteiger partial charge on any atom is -0.337 e. The number of carbonyl (C=O) groups excluding carboxylic acids is 2. The number of hydrogen-bond donors (Lipinski definition) is 1. The average molecular weight is 366 g/mol. The van der Waals surface area contributed by atoms with E-state index in [1.807, 2.05) is 35.2 Å². The van der Waals surface area contributed by atoms with Gasteiger partial charge in [-0.15, -0.1) is 0 Å². The van der Waals surface area contributed by atoms with Crippen molar-refractivity contribution in [3.05, 3.63) is 52.8 Å². The zero-order valence-corrected chi connectivity index (χ0v) is 15.8. The Morgan fingerprint density at radius 1 is 1.22 bits per heavy atom. The third-order valence-electron chi connectivity index (χ3n) is 5.71. The van der Waals surface area contributed by atoms with E-state index < -0.39 is 0 Å². The SMILES string of the molecule is CN1CCc2[nH]nc(C(=O)N3CCCC(C(=O)Cc4ccccc4)C3)c2C1. The van der Waals surface area contributed by atoms with Crippen LogP contribution in [0.3, 0.4) is 0 Å². The highest BCUT2D eigenvalue weighted by Gasteiger charge is 2.32. The minimum atomic E-state index is -0.0830. The molecule has 1 aromatic heterocycles. The van der Waals surface area contributed by atoms with Crippen LogP contribution in [0.15, 0.2) is 30.3 Å². The van der Waals surface area contributed by atoms with Crippen molar-refractivity contribution in [1.82, 2.24) is 20.0 Å². The first-order valence-corrected chi connectivity index (χ1v) is 9.72. The molecule has 1 amide bonds. The van der Waals surface area contributed by atoms with Gasteiger partial charge in [0.15, 0.2) is 5.69 Å². The van der Waals surface area contributed by atoms with Gasteiger partial charge in [0.25, 0.3) is 5.91 Å². The van der Waals surface area contributed by atoms with Crippen LogP contribution in [0.25, 0.3) is 0 Å². The van der Waals surface area contributed by atoms with Gasteiger partial charge in [0, 0.05) is 56.2 Å². The second-order valence-corrected chi connectivity index (χ2v) is 7.74. The lowest BCUT2D eigenvalue weighted by Crippen LogP contribution is -2.43. The lowest BCUT2D eigenvalue weighted by molar-refractivity contribution is -0.123. The Morgan fingerprint density at radius 2 is 2.04 bits per heavy atom. The molecule has 0 spiro atoms. The van der Waals surface area contributed by atoms with Crippen molar-refractivity contribution in [2.75, 3.05) is 26.7 Å². The Hall–Kier alpha value is -2.47. The van der Waals surface area contributed by atoms with Crippen LogP contribution in [0.2, 0.25) is 0 Å². The van der Waals surface area contributed by atoms with Crippen LogP contribution in [0.1, 0.15) is 40.2 Å². The van der Waals surface area contributed by atoms with Crippen LogP contribution in [0.4, 0.5) is 0 Å². The number of rotatable bonds is 4. The highest BCUT2D eigenvalue weighted by atomic mass is 16.2. The van der Waals surface area contributed by atoms with Gasteiger partial charge in [0.05, 0.1) is 0 Å². The molecule has 6 heteroatoms. The molecule has 27 heavy (non-hydrogen) atoms. The van der Waals surface area contributed by atoms with Gasteiger partial charge >= 0.3 is 0 Å². The van der Waals surface area contributed by atoms with E-state index in [4.69, 9.17) is 0 Å². The summed E-state index contributed by atoms with van der Waals surface area (Å²) in [5, 5.41) is 7.36. The number of ketones is 1. The van der Waals surface area contributed by atoms with Crippen molar-refractivity contribution in [3.63, 3.8) is 0 Å². The molecule has 0 aliphatic carbocycles. The molecule has 2 aliphatic rings. The number of H-pyrrole nitrogens is 1. The van der Waals surface area contributed by atoms with Gasteiger partial charge in [0.2, 0.25) is 0 Å². The standard InChI is InChI=1S/C21H26N4O2/c1-24-11-9-18-17(14-24)20(23-22-18)21(27)25-10-5-8-16(13-25)19(26)12-15-6-3-2-4-7-15/h2-4,6-7,16H,5,8-14H2,1H3,(H,22,23). The molecule has 142 valence electrons. The van der Waals surface area contributed by atoms with Gasteiger partial charge in [-0.25, -0.2) is 0 Å². The fourth-order valence-corrected chi connectivity index (χ4v) is 4.12. The molecule has 3 heterocycles. The Balaban J connectivity index is 1.44. The second-order valence-electron chi connectivity index (χ2n) is 7.74. The topological polar surface area (TPSA) is 69.3 Å². The van der Waals surface area contributed by atoms with Crippen LogP contribution >= 0.6 is 0 Å². The second kappa shape index (κ2) is 7.64. The number of nitrogens with one attached hydrogen (secondary N) is 1. The number of hydrogen-bond acceptors (Lipinski definition) is 4. The summed E-state index contributed by atoms with van der Waals surface area (Å²) in [6, 6.07) is 9.83. The zero-order valence-electron chi connectivity index (χ0n) is 15.8. The number of benzene rings is 1. The Morgan fingerprint density at radius 3 is 2.85 bits per heavy atom. The number of aromatic nitrogens is 2. The molecule has 2 aliphatic heterocycles. The summed E-state index contributed by atoms with van der Waals surface area (Å²) in [4.78, 5) is 29.8. The summed E-state index contributed by atoms with van der Waals surface area (Å²) in [7, 11) is 2.06. The molecule has 4 rings (SSSR count). The van der Waals surface area contributed by atoms with E-state index in [1.165, 1.54) is 0 Å². The van der Waals surface area contributed by atoms with E-state index in [0.29, 0.717) is 25.2 Å². The van der Waals surface area contributed by atoms with Crippen LogP contribution in [-0.2, 0) is 24.2 Å². The van der Waals surface area contributed by atoms with Crippen molar-refractivity contribution in [1.29, 1.82) is 0 Å². The molecule has 1 atom stereocenters. The predicted molar refractivity (Wildman–Crippen MR) is 102 cm³/mol. The number of Topliss-reactive ketones (excluding diaryl/α,β-unsaturated/α-hetero) is 1. The molecule has 1 N–H and O–H groups in total. The molecule has 1 fully saturated rings. The lowest BCUT2D eigenvalue weighted by Gasteiger charge is -2.32. The zero-order chi connectivity index (χ0) is 18.8. The smallest absolute Gasteiger partial charge is 0.274 e. The van der Waals surface area contributed by atoms with E-state index in [-0.39, 0.29) is 17.6 Å². The Labute approximate surface area is 159 Å². The average Bonchev–Trinajstić information content (AvgIpc) is 3.11. The molecule has 1 aromatic carbocycles.